The third-order valence-corrected chi connectivity index (χ3v) is 5.04. The molecule has 0 aliphatic rings. The van der Waals surface area contributed by atoms with Gasteiger partial charge in [0.2, 0.25) is 0 Å². The molecule has 0 radical (unpaired) electrons. The molecule has 0 unspecified atom stereocenters. The molecule has 0 saturated heterocycles. The van der Waals surface area contributed by atoms with Crippen molar-refractivity contribution in [3.8, 4) is 16.9 Å². The van der Waals surface area contributed by atoms with Crippen LogP contribution >= 0.6 is 0 Å². The fraction of sp³-hybridized carbons (Fsp3) is 0.231. The van der Waals surface area contributed by atoms with E-state index in [0.29, 0.717) is 16.3 Å². The Balaban J connectivity index is 2.05. The van der Waals surface area contributed by atoms with Crippen molar-refractivity contribution in [2.24, 2.45) is 0 Å². The molecule has 0 aliphatic heterocycles. The molecule has 0 atom stereocenters. The van der Waals surface area contributed by atoms with Crippen molar-refractivity contribution >= 4 is 10.8 Å². The second kappa shape index (κ2) is 10.1. The Morgan fingerprint density at radius 3 is 2.33 bits per heavy atom. The van der Waals surface area contributed by atoms with Crippen molar-refractivity contribution in [3.63, 3.8) is 0 Å². The van der Waals surface area contributed by atoms with Crippen molar-refractivity contribution in [2.45, 2.75) is 39.2 Å². The molecule has 0 aromatic heterocycles. The highest BCUT2D eigenvalue weighted by Gasteiger charge is 2.19. The van der Waals surface area contributed by atoms with Crippen LogP contribution in [-0.4, -0.2) is 6.61 Å². The standard InChI is InChI=1S/C26H25F3O/c1-3-5-7-9-18-10-13-20(14-11-18)24-23(30-26(28)29)17-21-16-19(8-6-4-2)12-15-22(21)25(24)27/h3-5,10-17,26H,2,6-9H2,1H3/b5-3+. The summed E-state index contributed by atoms with van der Waals surface area (Å²) in [5.41, 5.74) is 2.65. The predicted molar refractivity (Wildman–Crippen MR) is 118 cm³/mol. The zero-order chi connectivity index (χ0) is 21.5. The largest absolute Gasteiger partial charge is 0.434 e. The first kappa shape index (κ1) is 21.7. The first-order chi connectivity index (χ1) is 14.5. The van der Waals surface area contributed by atoms with Gasteiger partial charge < -0.3 is 4.74 Å². The average molecular weight is 410 g/mol. The van der Waals surface area contributed by atoms with E-state index in [-0.39, 0.29) is 11.3 Å². The number of hydrogen-bond acceptors (Lipinski definition) is 1. The van der Waals surface area contributed by atoms with Gasteiger partial charge in [0.05, 0.1) is 5.56 Å². The van der Waals surface area contributed by atoms with Crippen molar-refractivity contribution in [2.75, 3.05) is 0 Å². The third-order valence-electron chi connectivity index (χ3n) is 5.04. The van der Waals surface area contributed by atoms with E-state index in [1.807, 2.05) is 37.3 Å². The summed E-state index contributed by atoms with van der Waals surface area (Å²) < 4.78 is 46.3. The number of halogens is 3. The van der Waals surface area contributed by atoms with Crippen LogP contribution in [0.1, 0.15) is 30.9 Å². The Bertz CT molecular complexity index is 1040. The molecule has 0 N–H and O–H groups in total. The Morgan fingerprint density at radius 1 is 0.967 bits per heavy atom. The summed E-state index contributed by atoms with van der Waals surface area (Å²) in [4.78, 5) is 0. The van der Waals surface area contributed by atoms with Crippen LogP contribution in [0.3, 0.4) is 0 Å². The molecule has 0 fully saturated rings. The topological polar surface area (TPSA) is 9.23 Å². The van der Waals surface area contributed by atoms with Crippen molar-refractivity contribution in [1.29, 1.82) is 0 Å². The van der Waals surface area contributed by atoms with Gasteiger partial charge in [-0.25, -0.2) is 4.39 Å². The van der Waals surface area contributed by atoms with Gasteiger partial charge in [0.25, 0.3) is 0 Å². The summed E-state index contributed by atoms with van der Waals surface area (Å²) in [7, 11) is 0. The lowest BCUT2D eigenvalue weighted by Gasteiger charge is -2.15. The molecular weight excluding hydrogens is 385 g/mol. The Labute approximate surface area is 175 Å². The maximum atomic E-state index is 15.4. The fourth-order valence-corrected chi connectivity index (χ4v) is 3.52. The van der Waals surface area contributed by atoms with Crippen LogP contribution in [0.25, 0.3) is 21.9 Å². The summed E-state index contributed by atoms with van der Waals surface area (Å²) in [6, 6.07) is 14.2. The third kappa shape index (κ3) is 5.12. The zero-order valence-corrected chi connectivity index (χ0v) is 17.0. The molecule has 0 bridgehead atoms. The van der Waals surface area contributed by atoms with Gasteiger partial charge in [-0.2, -0.15) is 8.78 Å². The van der Waals surface area contributed by atoms with Gasteiger partial charge in [-0.05, 0) is 60.7 Å². The molecule has 3 rings (SSSR count). The van der Waals surface area contributed by atoms with E-state index in [1.165, 1.54) is 6.07 Å². The van der Waals surface area contributed by atoms with Gasteiger partial charge >= 0.3 is 6.61 Å². The van der Waals surface area contributed by atoms with E-state index in [4.69, 9.17) is 4.74 Å². The molecule has 0 heterocycles. The normalized spacial score (nSPS) is 11.5. The number of aryl methyl sites for hydroxylation is 2. The Morgan fingerprint density at radius 2 is 1.67 bits per heavy atom. The van der Waals surface area contributed by atoms with Gasteiger partial charge in [0, 0.05) is 5.39 Å². The monoisotopic (exact) mass is 410 g/mol. The Kier molecular flexibility index (Phi) is 7.34. The number of benzene rings is 3. The van der Waals surface area contributed by atoms with E-state index >= 15 is 4.39 Å². The van der Waals surface area contributed by atoms with Gasteiger partial charge in [-0.3, -0.25) is 0 Å². The second-order valence-corrected chi connectivity index (χ2v) is 7.13. The van der Waals surface area contributed by atoms with Gasteiger partial charge in [-0.15, -0.1) is 6.58 Å². The van der Waals surface area contributed by atoms with Gasteiger partial charge in [-0.1, -0.05) is 60.7 Å². The van der Waals surface area contributed by atoms with E-state index in [1.54, 1.807) is 24.3 Å². The number of rotatable bonds is 9. The predicted octanol–water partition coefficient (Wildman–Crippen LogP) is 7.87. The summed E-state index contributed by atoms with van der Waals surface area (Å²) in [5, 5.41) is 0.919. The highest BCUT2D eigenvalue weighted by Crippen LogP contribution is 2.39. The lowest BCUT2D eigenvalue weighted by molar-refractivity contribution is -0.0494. The molecular formula is C26H25F3O. The molecule has 0 spiro atoms. The summed E-state index contributed by atoms with van der Waals surface area (Å²) in [6.45, 7) is 2.64. The van der Waals surface area contributed by atoms with E-state index in [9.17, 15) is 8.78 Å². The molecule has 0 amide bonds. The van der Waals surface area contributed by atoms with E-state index < -0.39 is 12.4 Å². The molecule has 0 saturated carbocycles. The van der Waals surface area contributed by atoms with Crippen LogP contribution in [0.4, 0.5) is 13.2 Å². The maximum absolute atomic E-state index is 15.4. The minimum absolute atomic E-state index is 0.0571. The highest BCUT2D eigenvalue weighted by molar-refractivity contribution is 5.92. The van der Waals surface area contributed by atoms with Gasteiger partial charge in [0.1, 0.15) is 11.6 Å². The second-order valence-electron chi connectivity index (χ2n) is 7.13. The lowest BCUT2D eigenvalue weighted by atomic mass is 9.96. The number of alkyl halides is 2. The average Bonchev–Trinajstić information content (AvgIpc) is 2.73. The summed E-state index contributed by atoms with van der Waals surface area (Å²) in [5.74, 6) is -0.711. The molecule has 1 nitrogen and oxygen atoms in total. The van der Waals surface area contributed by atoms with Crippen LogP contribution in [-0.2, 0) is 12.8 Å². The van der Waals surface area contributed by atoms with Crippen LogP contribution < -0.4 is 4.74 Å². The maximum Gasteiger partial charge on any atom is 0.387 e. The van der Waals surface area contributed by atoms with Gasteiger partial charge in [0.15, 0.2) is 0 Å². The number of allylic oxidation sites excluding steroid dienone is 3. The van der Waals surface area contributed by atoms with Crippen molar-refractivity contribution < 1.29 is 17.9 Å². The first-order valence-electron chi connectivity index (χ1n) is 10.0. The number of ether oxygens (including phenoxy) is 1. The van der Waals surface area contributed by atoms with Crippen LogP contribution in [0.5, 0.6) is 5.75 Å². The zero-order valence-electron chi connectivity index (χ0n) is 17.0. The molecule has 156 valence electrons. The van der Waals surface area contributed by atoms with E-state index in [2.05, 4.69) is 12.7 Å². The minimum atomic E-state index is -3.04. The molecule has 0 aliphatic carbocycles. The molecule has 4 heteroatoms. The fourth-order valence-electron chi connectivity index (χ4n) is 3.52. The van der Waals surface area contributed by atoms with E-state index in [0.717, 1.165) is 36.8 Å². The Hall–Kier alpha value is -3.01. The van der Waals surface area contributed by atoms with Crippen LogP contribution in [0, 0.1) is 5.82 Å². The minimum Gasteiger partial charge on any atom is -0.434 e. The first-order valence-corrected chi connectivity index (χ1v) is 10.0. The summed E-state index contributed by atoms with van der Waals surface area (Å²) in [6.07, 6.45) is 9.19. The smallest absolute Gasteiger partial charge is 0.387 e. The molecule has 3 aromatic carbocycles. The molecule has 30 heavy (non-hydrogen) atoms. The highest BCUT2D eigenvalue weighted by atomic mass is 19.3. The van der Waals surface area contributed by atoms with Crippen LogP contribution in [0.15, 0.2) is 73.3 Å². The van der Waals surface area contributed by atoms with Crippen molar-refractivity contribution in [3.05, 3.63) is 90.3 Å². The SMILES string of the molecule is C=CCCc1ccc2c(F)c(-c3ccc(CC/C=C/C)cc3)c(OC(F)F)cc2c1. The number of hydrogen-bond donors (Lipinski definition) is 0. The van der Waals surface area contributed by atoms with Crippen LogP contribution in [0.2, 0.25) is 0 Å². The quantitative estimate of drug-likeness (QED) is 0.326. The summed E-state index contributed by atoms with van der Waals surface area (Å²) >= 11 is 0. The molecule has 3 aromatic rings. The lowest BCUT2D eigenvalue weighted by Crippen LogP contribution is -2.05. The van der Waals surface area contributed by atoms with Crippen molar-refractivity contribution in [1.82, 2.24) is 0 Å². The number of fused-ring (bicyclic) bond motifs is 1.